The molecular formula is C18H19N5O. The summed E-state index contributed by atoms with van der Waals surface area (Å²) < 4.78 is 1.93. The van der Waals surface area contributed by atoms with Crippen LogP contribution >= 0.6 is 0 Å². The summed E-state index contributed by atoms with van der Waals surface area (Å²) in [6.07, 6.45) is 2.47. The van der Waals surface area contributed by atoms with Crippen LogP contribution in [0, 0.1) is 13.8 Å². The third kappa shape index (κ3) is 2.31. The van der Waals surface area contributed by atoms with Crippen LogP contribution in [-0.2, 0) is 6.42 Å². The Labute approximate surface area is 140 Å². The highest BCUT2D eigenvalue weighted by atomic mass is 16.1. The second-order valence-electron chi connectivity index (χ2n) is 6.15. The zero-order valence-electron chi connectivity index (χ0n) is 13.8. The van der Waals surface area contributed by atoms with Gasteiger partial charge in [-0.05, 0) is 38.0 Å². The number of benzene rings is 1. The molecule has 0 saturated heterocycles. The average molecular weight is 321 g/mol. The maximum Gasteiger partial charge on any atom is 0.229 e. The summed E-state index contributed by atoms with van der Waals surface area (Å²) in [6.45, 7) is 5.21. The highest BCUT2D eigenvalue weighted by Crippen LogP contribution is 2.28. The van der Waals surface area contributed by atoms with Gasteiger partial charge >= 0.3 is 0 Å². The summed E-state index contributed by atoms with van der Waals surface area (Å²) in [5, 5.41) is 6.75. The molecule has 0 spiro atoms. The number of para-hydroxylation sites is 1. The van der Waals surface area contributed by atoms with E-state index in [1.54, 1.807) is 0 Å². The molecule has 0 fully saturated rings. The lowest BCUT2D eigenvalue weighted by Gasteiger charge is -2.18. The maximum absolute atomic E-state index is 12.9. The summed E-state index contributed by atoms with van der Waals surface area (Å²) in [5.41, 5.74) is 5.09. The monoisotopic (exact) mass is 321 g/mol. The number of nitrogens with zero attached hydrogens (tertiary/aromatic N) is 4. The molecule has 1 aliphatic rings. The van der Waals surface area contributed by atoms with E-state index in [1.807, 2.05) is 30.5 Å². The minimum Gasteiger partial charge on any atom is -0.363 e. The van der Waals surface area contributed by atoms with Gasteiger partial charge in [0.2, 0.25) is 5.95 Å². The molecule has 0 bridgehead atoms. The Bertz CT molecular complexity index is 894. The number of carbonyl (C=O) groups excluding carboxylic acids is 1. The normalized spacial score (nSPS) is 13.3. The van der Waals surface area contributed by atoms with Crippen molar-refractivity contribution in [2.24, 2.45) is 0 Å². The van der Waals surface area contributed by atoms with E-state index < -0.39 is 0 Å². The second-order valence-corrected chi connectivity index (χ2v) is 6.15. The van der Waals surface area contributed by atoms with Crippen molar-refractivity contribution in [2.75, 3.05) is 18.0 Å². The van der Waals surface area contributed by atoms with Gasteiger partial charge in [-0.2, -0.15) is 10.1 Å². The van der Waals surface area contributed by atoms with Gasteiger partial charge in [-0.1, -0.05) is 18.2 Å². The first-order valence-electron chi connectivity index (χ1n) is 8.06. The molecule has 6 heteroatoms. The Morgan fingerprint density at radius 1 is 1.29 bits per heavy atom. The number of aryl methyl sites for hydroxylation is 1. The Morgan fingerprint density at radius 3 is 2.92 bits per heavy atom. The van der Waals surface area contributed by atoms with Gasteiger partial charge in [0.05, 0.1) is 6.54 Å². The number of carbonyl (C=O) groups is 1. The molecule has 1 N–H and O–H groups in total. The first kappa shape index (κ1) is 14.7. The van der Waals surface area contributed by atoms with Crippen LogP contribution in [0.5, 0.6) is 0 Å². The zero-order chi connectivity index (χ0) is 16.7. The number of fused-ring (bicyclic) bond motifs is 1. The van der Waals surface area contributed by atoms with E-state index in [2.05, 4.69) is 38.3 Å². The first-order chi connectivity index (χ1) is 11.6. The van der Waals surface area contributed by atoms with Crippen molar-refractivity contribution < 1.29 is 4.79 Å². The van der Waals surface area contributed by atoms with Crippen LogP contribution in [0.4, 0.5) is 5.69 Å². The highest BCUT2D eigenvalue weighted by molar-refractivity contribution is 6.01. The molecule has 0 amide bonds. The number of rotatable bonds is 4. The number of hydrogen-bond donors (Lipinski definition) is 1. The quantitative estimate of drug-likeness (QED) is 0.750. The predicted molar refractivity (Wildman–Crippen MR) is 91.9 cm³/mol. The molecule has 1 aromatic carbocycles. The SMILES string of the molecule is Cc1cc(C(=O)CN2CCc3ccccc32)c(C)n1-c1ncn[nH]1. The molecule has 24 heavy (non-hydrogen) atoms. The van der Waals surface area contributed by atoms with Crippen LogP contribution < -0.4 is 4.90 Å². The topological polar surface area (TPSA) is 66.8 Å². The number of nitrogens with one attached hydrogen (secondary N) is 1. The molecule has 0 saturated carbocycles. The summed E-state index contributed by atoms with van der Waals surface area (Å²) in [5.74, 6) is 0.765. The van der Waals surface area contributed by atoms with Gasteiger partial charge < -0.3 is 4.90 Å². The Hall–Kier alpha value is -2.89. The van der Waals surface area contributed by atoms with Gasteiger partial charge in [0, 0.05) is 29.2 Å². The minimum atomic E-state index is 0.130. The zero-order valence-corrected chi connectivity index (χ0v) is 13.8. The van der Waals surface area contributed by atoms with Gasteiger partial charge in [0.15, 0.2) is 5.78 Å². The van der Waals surface area contributed by atoms with Crippen LogP contribution in [0.25, 0.3) is 5.95 Å². The van der Waals surface area contributed by atoms with Crippen LogP contribution in [0.1, 0.15) is 27.3 Å². The fraction of sp³-hybridized carbons (Fsp3) is 0.278. The van der Waals surface area contributed by atoms with E-state index in [0.717, 1.165) is 29.9 Å². The molecule has 0 aliphatic carbocycles. The fourth-order valence-corrected chi connectivity index (χ4v) is 3.51. The van der Waals surface area contributed by atoms with Crippen LogP contribution in [0.3, 0.4) is 0 Å². The smallest absolute Gasteiger partial charge is 0.229 e. The van der Waals surface area contributed by atoms with Crippen molar-refractivity contribution in [3.05, 3.63) is 59.2 Å². The van der Waals surface area contributed by atoms with Gasteiger partial charge in [0.25, 0.3) is 0 Å². The van der Waals surface area contributed by atoms with Crippen molar-refractivity contribution in [1.82, 2.24) is 19.7 Å². The van der Waals surface area contributed by atoms with E-state index in [9.17, 15) is 4.79 Å². The second kappa shape index (κ2) is 5.63. The fourth-order valence-electron chi connectivity index (χ4n) is 3.51. The van der Waals surface area contributed by atoms with Crippen molar-refractivity contribution in [1.29, 1.82) is 0 Å². The summed E-state index contributed by atoms with van der Waals surface area (Å²) in [7, 11) is 0. The molecule has 0 atom stereocenters. The minimum absolute atomic E-state index is 0.130. The molecule has 1 aliphatic heterocycles. The average Bonchev–Trinajstić information content (AvgIpc) is 3.28. The Kier molecular flexibility index (Phi) is 3.45. The summed E-state index contributed by atoms with van der Waals surface area (Å²) in [4.78, 5) is 19.2. The maximum atomic E-state index is 12.9. The van der Waals surface area contributed by atoms with Gasteiger partial charge in [-0.25, -0.2) is 5.10 Å². The number of hydrogen-bond acceptors (Lipinski definition) is 4. The number of anilines is 1. The van der Waals surface area contributed by atoms with E-state index >= 15 is 0 Å². The van der Waals surface area contributed by atoms with Crippen molar-refractivity contribution in [2.45, 2.75) is 20.3 Å². The lowest BCUT2D eigenvalue weighted by molar-refractivity contribution is 0.0999. The predicted octanol–water partition coefficient (Wildman–Crippen LogP) is 2.46. The largest absolute Gasteiger partial charge is 0.363 e. The lowest BCUT2D eigenvalue weighted by Crippen LogP contribution is -2.28. The van der Waals surface area contributed by atoms with E-state index in [0.29, 0.717) is 12.5 Å². The van der Waals surface area contributed by atoms with Crippen LogP contribution in [0.2, 0.25) is 0 Å². The lowest BCUT2D eigenvalue weighted by atomic mass is 10.1. The van der Waals surface area contributed by atoms with Gasteiger partial charge in [-0.15, -0.1) is 0 Å². The highest BCUT2D eigenvalue weighted by Gasteiger charge is 2.24. The molecular weight excluding hydrogens is 302 g/mol. The van der Waals surface area contributed by atoms with Crippen molar-refractivity contribution in [3.63, 3.8) is 0 Å². The third-order valence-corrected chi connectivity index (χ3v) is 4.66. The number of ketones is 1. The van der Waals surface area contributed by atoms with Crippen molar-refractivity contribution in [3.8, 4) is 5.95 Å². The van der Waals surface area contributed by atoms with Gasteiger partial charge in [0.1, 0.15) is 6.33 Å². The third-order valence-electron chi connectivity index (χ3n) is 4.66. The van der Waals surface area contributed by atoms with Crippen LogP contribution in [0.15, 0.2) is 36.7 Å². The molecule has 6 nitrogen and oxygen atoms in total. The molecule has 4 rings (SSSR count). The molecule has 122 valence electrons. The van der Waals surface area contributed by atoms with E-state index in [1.165, 1.54) is 17.6 Å². The molecule has 2 aromatic heterocycles. The number of H-pyrrole nitrogens is 1. The Balaban J connectivity index is 1.61. The molecule has 0 unspecified atom stereocenters. The summed E-state index contributed by atoms with van der Waals surface area (Å²) in [6, 6.07) is 10.2. The molecule has 0 radical (unpaired) electrons. The summed E-state index contributed by atoms with van der Waals surface area (Å²) >= 11 is 0. The Morgan fingerprint density at radius 2 is 2.12 bits per heavy atom. The van der Waals surface area contributed by atoms with E-state index in [-0.39, 0.29) is 5.78 Å². The molecule has 3 heterocycles. The van der Waals surface area contributed by atoms with Gasteiger partial charge in [-0.3, -0.25) is 9.36 Å². The van der Waals surface area contributed by atoms with E-state index in [4.69, 9.17) is 0 Å². The number of aromatic amines is 1. The standard InChI is InChI=1S/C18H19N5O/c1-12-9-15(13(2)23(12)18-19-11-20-21-18)17(24)10-22-8-7-14-5-3-4-6-16(14)22/h3-6,9,11H,7-8,10H2,1-2H3,(H,19,20,21). The van der Waals surface area contributed by atoms with Crippen LogP contribution in [-0.4, -0.2) is 38.6 Å². The first-order valence-corrected chi connectivity index (χ1v) is 8.06. The molecule has 3 aromatic rings. The number of aromatic nitrogens is 4. The van der Waals surface area contributed by atoms with Crippen molar-refractivity contribution >= 4 is 11.5 Å². The number of Topliss-reactive ketones (excluding diaryl/α,β-unsaturated/α-hetero) is 1.